The van der Waals surface area contributed by atoms with Crippen LogP contribution in [0.15, 0.2) is 77.4 Å². The molecule has 0 radical (unpaired) electrons. The lowest BCUT2D eigenvalue weighted by Gasteiger charge is -2.33. The molecule has 6 heteroatoms. The van der Waals surface area contributed by atoms with Gasteiger partial charge in [-0.15, -0.1) is 0 Å². The highest BCUT2D eigenvalue weighted by Crippen LogP contribution is 2.35. The van der Waals surface area contributed by atoms with Crippen LogP contribution in [0, 0.1) is 0 Å². The molecule has 3 aromatic carbocycles. The molecule has 1 N–H and O–H groups in total. The topological polar surface area (TPSA) is 72.1 Å². The van der Waals surface area contributed by atoms with Gasteiger partial charge in [0.15, 0.2) is 5.78 Å². The van der Waals surface area contributed by atoms with Crippen LogP contribution < -0.4 is 4.74 Å². The summed E-state index contributed by atoms with van der Waals surface area (Å²) in [6, 6.07) is 20.5. The van der Waals surface area contributed by atoms with Crippen molar-refractivity contribution in [3.05, 3.63) is 95.2 Å². The van der Waals surface area contributed by atoms with Gasteiger partial charge < -0.3 is 19.0 Å². The summed E-state index contributed by atoms with van der Waals surface area (Å²) in [6.45, 7) is 2.50. The second-order valence-corrected chi connectivity index (χ2v) is 8.15. The normalized spacial score (nSPS) is 16.7. The number of morpholine rings is 1. The summed E-state index contributed by atoms with van der Waals surface area (Å²) in [6.07, 6.45) is 1.44. The summed E-state index contributed by atoms with van der Waals surface area (Å²) in [7, 11) is 1.57. The second kappa shape index (κ2) is 9.10. The number of carbonyl (C=O) groups excluding carboxylic acids is 1. The molecule has 33 heavy (non-hydrogen) atoms. The van der Waals surface area contributed by atoms with Crippen LogP contribution in [-0.4, -0.2) is 42.6 Å². The van der Waals surface area contributed by atoms with Gasteiger partial charge in [0.2, 0.25) is 0 Å². The van der Waals surface area contributed by atoms with E-state index < -0.39 is 0 Å². The van der Waals surface area contributed by atoms with E-state index in [9.17, 15) is 9.90 Å². The molecule has 1 fully saturated rings. The number of aromatic hydroxyl groups is 1. The number of nitrogens with zero attached hydrogens (tertiary/aromatic N) is 1. The number of furan rings is 1. The molecule has 4 aromatic rings. The van der Waals surface area contributed by atoms with Crippen molar-refractivity contribution >= 4 is 16.8 Å². The number of ketones is 1. The van der Waals surface area contributed by atoms with Crippen LogP contribution in [0.5, 0.6) is 11.5 Å². The van der Waals surface area contributed by atoms with Gasteiger partial charge in [-0.25, -0.2) is 0 Å². The van der Waals surface area contributed by atoms with Crippen molar-refractivity contribution in [3.8, 4) is 11.5 Å². The van der Waals surface area contributed by atoms with Crippen LogP contribution in [0.1, 0.15) is 33.2 Å². The zero-order chi connectivity index (χ0) is 22.8. The molecule has 1 aliphatic heterocycles. The van der Waals surface area contributed by atoms with Gasteiger partial charge in [0.1, 0.15) is 23.3 Å². The van der Waals surface area contributed by atoms with Crippen LogP contribution in [0.4, 0.5) is 0 Å². The second-order valence-electron chi connectivity index (χ2n) is 8.15. The smallest absolute Gasteiger partial charge is 0.197 e. The van der Waals surface area contributed by atoms with Crippen molar-refractivity contribution in [2.45, 2.75) is 12.6 Å². The van der Waals surface area contributed by atoms with Gasteiger partial charge in [-0.3, -0.25) is 9.69 Å². The van der Waals surface area contributed by atoms with E-state index in [0.29, 0.717) is 53.1 Å². The van der Waals surface area contributed by atoms with E-state index in [1.54, 1.807) is 43.5 Å². The molecule has 0 spiro atoms. The number of phenolic OH excluding ortho intramolecular Hbond substituents is 1. The number of benzene rings is 3. The van der Waals surface area contributed by atoms with Crippen molar-refractivity contribution < 1.29 is 23.8 Å². The van der Waals surface area contributed by atoms with Crippen LogP contribution in [0.3, 0.4) is 0 Å². The molecule has 0 saturated carbocycles. The van der Waals surface area contributed by atoms with E-state index in [1.165, 1.54) is 6.26 Å². The van der Waals surface area contributed by atoms with E-state index in [0.717, 1.165) is 12.1 Å². The molecule has 6 nitrogen and oxygen atoms in total. The fourth-order valence-electron chi connectivity index (χ4n) is 4.38. The fourth-order valence-corrected chi connectivity index (χ4v) is 4.38. The van der Waals surface area contributed by atoms with Crippen LogP contribution in [0.25, 0.3) is 11.0 Å². The van der Waals surface area contributed by atoms with Gasteiger partial charge >= 0.3 is 0 Å². The van der Waals surface area contributed by atoms with E-state index in [1.807, 2.05) is 18.2 Å². The first kappa shape index (κ1) is 21.2. The minimum atomic E-state index is -0.177. The minimum absolute atomic E-state index is 0.0384. The average molecular weight is 443 g/mol. The highest BCUT2D eigenvalue weighted by molar-refractivity contribution is 6.16. The summed E-state index contributed by atoms with van der Waals surface area (Å²) in [5, 5.41) is 11.4. The monoisotopic (exact) mass is 443 g/mol. The number of fused-ring (bicyclic) bond motifs is 1. The Labute approximate surface area is 192 Å². The molecule has 0 bridgehead atoms. The van der Waals surface area contributed by atoms with Crippen molar-refractivity contribution in [1.82, 2.24) is 4.90 Å². The zero-order valence-electron chi connectivity index (χ0n) is 18.4. The van der Waals surface area contributed by atoms with Crippen LogP contribution in [-0.2, 0) is 11.3 Å². The molecule has 1 aromatic heterocycles. The summed E-state index contributed by atoms with van der Waals surface area (Å²) in [5.74, 6) is 0.576. The van der Waals surface area contributed by atoms with Crippen molar-refractivity contribution in [2.75, 3.05) is 26.8 Å². The minimum Gasteiger partial charge on any atom is -0.508 e. The number of phenols is 1. The molecule has 2 heterocycles. The molecule has 168 valence electrons. The molecular weight excluding hydrogens is 418 g/mol. The van der Waals surface area contributed by atoms with Crippen LogP contribution >= 0.6 is 0 Å². The number of methoxy groups -OCH3 is 1. The lowest BCUT2D eigenvalue weighted by atomic mass is 9.98. The standard InChI is InChI=1S/C27H25NO5/c1-31-20-9-5-8-19(14-20)27(30)22-17-33-24-11-10-23(29)21(26(22)24)15-28-12-13-32-25(16-28)18-6-3-2-4-7-18/h2-11,14,17,25,29H,12-13,15-16H2,1H3. The van der Waals surface area contributed by atoms with Gasteiger partial charge in [-0.2, -0.15) is 0 Å². The summed E-state index contributed by atoms with van der Waals surface area (Å²) in [5.41, 5.74) is 3.31. The first-order valence-electron chi connectivity index (χ1n) is 10.9. The van der Waals surface area contributed by atoms with E-state index >= 15 is 0 Å². The molecule has 0 amide bonds. The maximum atomic E-state index is 13.4. The molecule has 0 aliphatic carbocycles. The Bertz CT molecular complexity index is 1280. The Morgan fingerprint density at radius 1 is 1.12 bits per heavy atom. The number of carbonyl (C=O) groups is 1. The third-order valence-corrected chi connectivity index (χ3v) is 6.10. The SMILES string of the molecule is COc1cccc(C(=O)c2coc3ccc(O)c(CN4CCOC(c5ccccc5)C4)c23)c1. The Hall–Kier alpha value is -3.61. The first-order chi connectivity index (χ1) is 16.1. The van der Waals surface area contributed by atoms with Gasteiger partial charge in [0.25, 0.3) is 0 Å². The number of ether oxygens (including phenoxy) is 2. The third-order valence-electron chi connectivity index (χ3n) is 6.10. The Morgan fingerprint density at radius 3 is 2.79 bits per heavy atom. The van der Waals surface area contributed by atoms with Crippen molar-refractivity contribution in [1.29, 1.82) is 0 Å². The predicted molar refractivity (Wildman–Crippen MR) is 125 cm³/mol. The molecule has 5 rings (SSSR count). The van der Waals surface area contributed by atoms with Crippen molar-refractivity contribution in [3.63, 3.8) is 0 Å². The average Bonchev–Trinajstić information content (AvgIpc) is 3.30. The van der Waals surface area contributed by atoms with Gasteiger partial charge in [-0.05, 0) is 29.8 Å². The first-order valence-corrected chi connectivity index (χ1v) is 10.9. The van der Waals surface area contributed by atoms with Crippen molar-refractivity contribution in [2.24, 2.45) is 0 Å². The quantitative estimate of drug-likeness (QED) is 0.425. The summed E-state index contributed by atoms with van der Waals surface area (Å²) in [4.78, 5) is 15.6. The molecule has 1 atom stereocenters. The Kier molecular flexibility index (Phi) is 5.86. The van der Waals surface area contributed by atoms with E-state index in [2.05, 4.69) is 17.0 Å². The number of hydrogen-bond acceptors (Lipinski definition) is 6. The molecule has 1 unspecified atom stereocenters. The third kappa shape index (κ3) is 4.23. The molecular formula is C27H25NO5. The Morgan fingerprint density at radius 2 is 1.97 bits per heavy atom. The molecule has 1 saturated heterocycles. The number of hydrogen-bond donors (Lipinski definition) is 1. The lowest BCUT2D eigenvalue weighted by molar-refractivity contribution is -0.0329. The highest BCUT2D eigenvalue weighted by Gasteiger charge is 2.26. The lowest BCUT2D eigenvalue weighted by Crippen LogP contribution is -2.37. The zero-order valence-corrected chi connectivity index (χ0v) is 18.4. The highest BCUT2D eigenvalue weighted by atomic mass is 16.5. The van der Waals surface area contributed by atoms with E-state index in [-0.39, 0.29) is 17.6 Å². The largest absolute Gasteiger partial charge is 0.508 e. The Balaban J connectivity index is 1.48. The summed E-state index contributed by atoms with van der Waals surface area (Å²) >= 11 is 0. The van der Waals surface area contributed by atoms with Gasteiger partial charge in [0.05, 0.1) is 25.4 Å². The maximum absolute atomic E-state index is 13.4. The van der Waals surface area contributed by atoms with Gasteiger partial charge in [-0.1, -0.05) is 42.5 Å². The predicted octanol–water partition coefficient (Wildman–Crippen LogP) is 4.95. The summed E-state index contributed by atoms with van der Waals surface area (Å²) < 4.78 is 17.0. The van der Waals surface area contributed by atoms with Gasteiger partial charge in [0, 0.05) is 36.1 Å². The number of rotatable bonds is 6. The fraction of sp³-hybridized carbons (Fsp3) is 0.222. The maximum Gasteiger partial charge on any atom is 0.197 e. The van der Waals surface area contributed by atoms with E-state index in [4.69, 9.17) is 13.9 Å². The van der Waals surface area contributed by atoms with Crippen LogP contribution in [0.2, 0.25) is 0 Å². The molecule has 1 aliphatic rings.